The van der Waals surface area contributed by atoms with Crippen molar-refractivity contribution in [3.8, 4) is 0 Å². The maximum absolute atomic E-state index is 12.1. The molecule has 4 nitrogen and oxygen atoms in total. The third kappa shape index (κ3) is 2.18. The van der Waals surface area contributed by atoms with Crippen molar-refractivity contribution in [3.05, 3.63) is 31.6 Å². The van der Waals surface area contributed by atoms with Gasteiger partial charge in [-0.25, -0.2) is 4.79 Å². The average molecular weight is 257 g/mol. The normalized spacial score (nSPS) is 18.5. The van der Waals surface area contributed by atoms with Crippen LogP contribution in [0.1, 0.15) is 44.2 Å². The first-order valence-electron chi connectivity index (χ1n) is 6.03. The molecular weight excluding hydrogens is 240 g/mol. The Morgan fingerprint density at radius 2 is 1.94 bits per heavy atom. The summed E-state index contributed by atoms with van der Waals surface area (Å²) in [6.07, 6.45) is 4.56. The van der Waals surface area contributed by atoms with Gasteiger partial charge in [0.1, 0.15) is 5.15 Å². The van der Waals surface area contributed by atoms with Crippen molar-refractivity contribution < 1.29 is 0 Å². The zero-order valence-electron chi connectivity index (χ0n) is 10.1. The standard InChI is InChI=1S/C12H17ClN2O2/c1-7-10(13)14-12(17)15(11(7)16)8(2)9-5-3-4-6-9/h8-9H,3-6H2,1-2H3,(H,14,17). The van der Waals surface area contributed by atoms with E-state index < -0.39 is 5.69 Å². The van der Waals surface area contributed by atoms with E-state index in [4.69, 9.17) is 11.6 Å². The van der Waals surface area contributed by atoms with Gasteiger partial charge in [-0.15, -0.1) is 0 Å². The van der Waals surface area contributed by atoms with Crippen LogP contribution in [0.2, 0.25) is 5.15 Å². The predicted octanol–water partition coefficient (Wildman–Crippen LogP) is 2.25. The molecule has 1 saturated carbocycles. The Morgan fingerprint density at radius 1 is 1.35 bits per heavy atom. The molecule has 1 unspecified atom stereocenters. The van der Waals surface area contributed by atoms with Crippen molar-refractivity contribution in [2.75, 3.05) is 0 Å². The fourth-order valence-electron chi connectivity index (χ4n) is 2.64. The van der Waals surface area contributed by atoms with Crippen LogP contribution in [-0.2, 0) is 0 Å². The van der Waals surface area contributed by atoms with Gasteiger partial charge in [0, 0.05) is 11.6 Å². The van der Waals surface area contributed by atoms with Crippen LogP contribution < -0.4 is 11.2 Å². The van der Waals surface area contributed by atoms with E-state index in [9.17, 15) is 9.59 Å². The molecule has 1 atom stereocenters. The van der Waals surface area contributed by atoms with Crippen molar-refractivity contribution in [1.82, 2.24) is 9.55 Å². The quantitative estimate of drug-likeness (QED) is 0.825. The molecule has 1 aliphatic carbocycles. The number of aromatic nitrogens is 2. The molecule has 1 aliphatic rings. The fourth-order valence-corrected chi connectivity index (χ4v) is 2.80. The maximum atomic E-state index is 12.1. The Balaban J connectivity index is 2.48. The summed E-state index contributed by atoms with van der Waals surface area (Å²) < 4.78 is 1.32. The van der Waals surface area contributed by atoms with Gasteiger partial charge in [-0.2, -0.15) is 0 Å². The second kappa shape index (κ2) is 4.69. The van der Waals surface area contributed by atoms with Crippen LogP contribution in [0.15, 0.2) is 9.59 Å². The molecule has 94 valence electrons. The van der Waals surface area contributed by atoms with Crippen LogP contribution in [-0.4, -0.2) is 9.55 Å². The van der Waals surface area contributed by atoms with Crippen molar-refractivity contribution in [1.29, 1.82) is 0 Å². The van der Waals surface area contributed by atoms with Crippen LogP contribution >= 0.6 is 11.6 Å². The Labute approximate surface area is 105 Å². The molecule has 0 radical (unpaired) electrons. The highest BCUT2D eigenvalue weighted by Gasteiger charge is 2.25. The second-order valence-electron chi connectivity index (χ2n) is 4.83. The molecule has 1 aromatic heterocycles. The molecule has 0 bridgehead atoms. The van der Waals surface area contributed by atoms with Crippen LogP contribution in [0.5, 0.6) is 0 Å². The van der Waals surface area contributed by atoms with E-state index in [0.717, 1.165) is 12.8 Å². The van der Waals surface area contributed by atoms with E-state index in [1.165, 1.54) is 17.4 Å². The molecule has 0 amide bonds. The SMILES string of the molecule is Cc1c(Cl)[nH]c(=O)n(C(C)C2CCCC2)c1=O. The number of H-pyrrole nitrogens is 1. The van der Waals surface area contributed by atoms with Crippen molar-refractivity contribution in [2.24, 2.45) is 5.92 Å². The highest BCUT2D eigenvalue weighted by molar-refractivity contribution is 6.30. The van der Waals surface area contributed by atoms with Gasteiger partial charge in [0.2, 0.25) is 0 Å². The fraction of sp³-hybridized carbons (Fsp3) is 0.667. The summed E-state index contributed by atoms with van der Waals surface area (Å²) in [5, 5.41) is 0.148. The molecule has 1 aromatic rings. The minimum absolute atomic E-state index is 0.0512. The Hall–Kier alpha value is -1.03. The Morgan fingerprint density at radius 3 is 2.53 bits per heavy atom. The number of aromatic amines is 1. The maximum Gasteiger partial charge on any atom is 0.329 e. The van der Waals surface area contributed by atoms with Gasteiger partial charge in [-0.3, -0.25) is 14.3 Å². The first-order valence-corrected chi connectivity index (χ1v) is 6.41. The first-order chi connectivity index (χ1) is 8.02. The summed E-state index contributed by atoms with van der Waals surface area (Å²) >= 11 is 5.79. The molecule has 1 fully saturated rings. The molecule has 0 saturated heterocycles. The van der Waals surface area contributed by atoms with Crippen LogP contribution in [0.25, 0.3) is 0 Å². The van der Waals surface area contributed by atoms with E-state index in [-0.39, 0.29) is 16.8 Å². The number of rotatable bonds is 2. The summed E-state index contributed by atoms with van der Waals surface area (Å²) in [5.74, 6) is 0.425. The highest BCUT2D eigenvalue weighted by Crippen LogP contribution is 2.32. The molecule has 0 aliphatic heterocycles. The summed E-state index contributed by atoms with van der Waals surface area (Å²) in [4.78, 5) is 26.4. The Bertz CT molecular complexity index is 526. The molecule has 0 spiro atoms. The predicted molar refractivity (Wildman–Crippen MR) is 67.7 cm³/mol. The number of hydrogen-bond acceptors (Lipinski definition) is 2. The molecule has 17 heavy (non-hydrogen) atoms. The average Bonchev–Trinajstić information content (AvgIpc) is 2.79. The summed E-state index contributed by atoms with van der Waals surface area (Å²) in [6.45, 7) is 3.58. The van der Waals surface area contributed by atoms with Gasteiger partial charge in [0.15, 0.2) is 0 Å². The van der Waals surface area contributed by atoms with Gasteiger partial charge in [-0.1, -0.05) is 24.4 Å². The number of hydrogen-bond donors (Lipinski definition) is 1. The summed E-state index contributed by atoms with van der Waals surface area (Å²) in [5.41, 5.74) is -0.251. The largest absolute Gasteiger partial charge is 0.329 e. The van der Waals surface area contributed by atoms with Gasteiger partial charge >= 0.3 is 5.69 Å². The molecular formula is C12H17ClN2O2. The smallest absolute Gasteiger partial charge is 0.297 e. The topological polar surface area (TPSA) is 54.9 Å². The molecule has 0 aromatic carbocycles. The number of nitrogens with zero attached hydrogens (tertiary/aromatic N) is 1. The number of halogens is 1. The minimum Gasteiger partial charge on any atom is -0.297 e. The molecule has 2 rings (SSSR count). The van der Waals surface area contributed by atoms with Gasteiger partial charge in [0.05, 0.1) is 0 Å². The second-order valence-corrected chi connectivity index (χ2v) is 5.21. The van der Waals surface area contributed by atoms with Crippen LogP contribution in [0, 0.1) is 12.8 Å². The lowest BCUT2D eigenvalue weighted by Gasteiger charge is -2.20. The Kier molecular flexibility index (Phi) is 3.43. The van der Waals surface area contributed by atoms with Crippen molar-refractivity contribution in [2.45, 2.75) is 45.6 Å². The first kappa shape index (κ1) is 12.4. The van der Waals surface area contributed by atoms with Gasteiger partial charge < -0.3 is 0 Å². The minimum atomic E-state index is -0.398. The lowest BCUT2D eigenvalue weighted by atomic mass is 9.99. The van der Waals surface area contributed by atoms with E-state index >= 15 is 0 Å². The molecule has 5 heteroatoms. The van der Waals surface area contributed by atoms with Gasteiger partial charge in [0.25, 0.3) is 5.56 Å². The molecule has 1 N–H and O–H groups in total. The lowest BCUT2D eigenvalue weighted by Crippen LogP contribution is -2.40. The van der Waals surface area contributed by atoms with Crippen molar-refractivity contribution in [3.63, 3.8) is 0 Å². The third-order valence-corrected chi connectivity index (χ3v) is 4.17. The summed E-state index contributed by atoms with van der Waals surface area (Å²) in [7, 11) is 0. The van der Waals surface area contributed by atoms with E-state index in [0.29, 0.717) is 11.5 Å². The van der Waals surface area contributed by atoms with Crippen LogP contribution in [0.4, 0.5) is 0 Å². The monoisotopic (exact) mass is 256 g/mol. The van der Waals surface area contributed by atoms with E-state index in [1.54, 1.807) is 6.92 Å². The summed E-state index contributed by atoms with van der Waals surface area (Å²) in [6, 6.07) is -0.0512. The van der Waals surface area contributed by atoms with E-state index in [1.807, 2.05) is 6.92 Å². The highest BCUT2D eigenvalue weighted by atomic mass is 35.5. The van der Waals surface area contributed by atoms with E-state index in [2.05, 4.69) is 4.98 Å². The number of nitrogens with one attached hydrogen (secondary N) is 1. The molecule has 1 heterocycles. The lowest BCUT2D eigenvalue weighted by molar-refractivity contribution is 0.341. The zero-order chi connectivity index (χ0) is 12.6. The third-order valence-electron chi connectivity index (χ3n) is 3.79. The van der Waals surface area contributed by atoms with Crippen LogP contribution in [0.3, 0.4) is 0 Å². The van der Waals surface area contributed by atoms with Gasteiger partial charge in [-0.05, 0) is 32.6 Å². The zero-order valence-corrected chi connectivity index (χ0v) is 10.9. The van der Waals surface area contributed by atoms with Crippen molar-refractivity contribution >= 4 is 11.6 Å².